The Morgan fingerprint density at radius 1 is 0.313 bits per heavy atom. The molecule has 10 aromatic carbocycles. The zero-order valence-electron chi connectivity index (χ0n) is 36.4. The quantitative estimate of drug-likeness (QED) is 0.177. The molecule has 12 aromatic rings. The number of hydrogen-bond donors (Lipinski definition) is 0. The number of benzene rings is 10. The van der Waals surface area contributed by atoms with Crippen molar-refractivity contribution in [3.8, 4) is 50.7 Å². The molecule has 3 aliphatic rings. The standard InChI is InChI=1S/C64H39N3/c1-3-20-41(21-4-1)57-39-60(66-62(65-57)42-22-5-2-6-23-42)67-58-36-35-40-19-7-8-24-43(40)61(58)48-37-47-46-27-11-14-30-51(46)64(56(47)38-59(48)67)54-33-17-15-31-52(54)63(53-32-16-18-34-55(53)64)49-28-12-9-25-44(49)45-26-10-13-29-50(45)63/h1-39H. The van der Waals surface area contributed by atoms with E-state index in [2.05, 4.69) is 235 Å². The predicted octanol–water partition coefficient (Wildman–Crippen LogP) is 15.1. The molecule has 0 aliphatic heterocycles. The Morgan fingerprint density at radius 2 is 0.791 bits per heavy atom. The minimum atomic E-state index is -0.634. The summed E-state index contributed by atoms with van der Waals surface area (Å²) >= 11 is 0. The van der Waals surface area contributed by atoms with Gasteiger partial charge in [-0.25, -0.2) is 9.97 Å². The zero-order chi connectivity index (χ0) is 43.8. The molecule has 2 aromatic heterocycles. The van der Waals surface area contributed by atoms with Gasteiger partial charge in [-0.3, -0.25) is 4.57 Å². The maximum absolute atomic E-state index is 5.50. The average molecular weight is 850 g/mol. The SMILES string of the molecule is c1ccc(-c2cc(-n3c4cc5c(cc4c4c6ccccc6ccc43)-c3ccccc3C53c4ccccc4C4(c5ccccc5-c5ccccc54)c4ccccc43)nc(-c3ccccc3)n2)cc1. The Hall–Kier alpha value is -8.66. The highest BCUT2D eigenvalue weighted by Crippen LogP contribution is 2.67. The molecular formula is C64H39N3. The molecule has 0 saturated heterocycles. The van der Waals surface area contributed by atoms with Crippen LogP contribution in [0.3, 0.4) is 0 Å². The van der Waals surface area contributed by atoms with Crippen LogP contribution >= 0.6 is 0 Å². The number of rotatable bonds is 3. The molecule has 15 rings (SSSR count). The minimum Gasteiger partial charge on any atom is -0.294 e. The minimum absolute atomic E-state index is 0.510. The van der Waals surface area contributed by atoms with Crippen LogP contribution in [-0.4, -0.2) is 14.5 Å². The maximum atomic E-state index is 5.50. The fourth-order valence-electron chi connectivity index (χ4n) is 12.8. The molecule has 0 amide bonds. The monoisotopic (exact) mass is 849 g/mol. The van der Waals surface area contributed by atoms with Crippen molar-refractivity contribution in [1.82, 2.24) is 14.5 Å². The van der Waals surface area contributed by atoms with E-state index in [0.29, 0.717) is 5.82 Å². The van der Waals surface area contributed by atoms with E-state index in [1.165, 1.54) is 88.3 Å². The summed E-state index contributed by atoms with van der Waals surface area (Å²) in [5.74, 6) is 1.52. The summed E-state index contributed by atoms with van der Waals surface area (Å²) in [4.78, 5) is 10.7. The van der Waals surface area contributed by atoms with Crippen LogP contribution in [-0.2, 0) is 10.8 Å². The second-order valence-corrected chi connectivity index (χ2v) is 18.3. The van der Waals surface area contributed by atoms with E-state index in [0.717, 1.165) is 33.7 Å². The van der Waals surface area contributed by atoms with Gasteiger partial charge in [-0.1, -0.05) is 212 Å². The Kier molecular flexibility index (Phi) is 7.36. The first kappa shape index (κ1) is 36.7. The highest BCUT2D eigenvalue weighted by atomic mass is 15.1. The van der Waals surface area contributed by atoms with Gasteiger partial charge in [-0.15, -0.1) is 0 Å². The Morgan fingerprint density at radius 3 is 1.39 bits per heavy atom. The van der Waals surface area contributed by atoms with Gasteiger partial charge in [0, 0.05) is 28.0 Å². The van der Waals surface area contributed by atoms with Crippen LogP contribution in [0.15, 0.2) is 237 Å². The van der Waals surface area contributed by atoms with Crippen LogP contribution in [0.5, 0.6) is 0 Å². The van der Waals surface area contributed by atoms with E-state index < -0.39 is 10.8 Å². The van der Waals surface area contributed by atoms with E-state index in [-0.39, 0.29) is 0 Å². The molecule has 3 heteroatoms. The fourth-order valence-corrected chi connectivity index (χ4v) is 12.8. The molecule has 0 radical (unpaired) electrons. The van der Waals surface area contributed by atoms with Crippen LogP contribution in [0.25, 0.3) is 83.3 Å². The third-order valence-corrected chi connectivity index (χ3v) is 15.3. The molecule has 0 bridgehead atoms. The summed E-state index contributed by atoms with van der Waals surface area (Å²) in [5, 5.41) is 4.85. The molecule has 0 N–H and O–H groups in total. The number of aromatic nitrogens is 3. The first-order valence-corrected chi connectivity index (χ1v) is 23.2. The summed E-state index contributed by atoms with van der Waals surface area (Å²) in [7, 11) is 0. The van der Waals surface area contributed by atoms with Gasteiger partial charge >= 0.3 is 0 Å². The number of fused-ring (bicyclic) bond motifs is 21. The van der Waals surface area contributed by atoms with Crippen LogP contribution < -0.4 is 0 Å². The van der Waals surface area contributed by atoms with Gasteiger partial charge in [-0.2, -0.15) is 0 Å². The van der Waals surface area contributed by atoms with Gasteiger partial charge in [0.2, 0.25) is 0 Å². The Labute approximate surface area is 388 Å². The van der Waals surface area contributed by atoms with Crippen molar-refractivity contribution in [2.45, 2.75) is 10.8 Å². The third kappa shape index (κ3) is 4.65. The van der Waals surface area contributed by atoms with Gasteiger partial charge in [0.25, 0.3) is 0 Å². The molecule has 3 aliphatic carbocycles. The fraction of sp³-hybridized carbons (Fsp3) is 0.0312. The molecule has 310 valence electrons. The summed E-state index contributed by atoms with van der Waals surface area (Å²) in [6.07, 6.45) is 0. The van der Waals surface area contributed by atoms with E-state index >= 15 is 0 Å². The highest BCUT2D eigenvalue weighted by molar-refractivity contribution is 6.22. The van der Waals surface area contributed by atoms with Gasteiger partial charge < -0.3 is 0 Å². The maximum Gasteiger partial charge on any atom is 0.162 e. The zero-order valence-corrected chi connectivity index (χ0v) is 36.4. The van der Waals surface area contributed by atoms with E-state index in [1.807, 2.05) is 6.07 Å². The second-order valence-electron chi connectivity index (χ2n) is 18.3. The van der Waals surface area contributed by atoms with Gasteiger partial charge in [0.15, 0.2) is 5.82 Å². The normalized spacial score (nSPS) is 14.2. The molecule has 0 saturated carbocycles. The smallest absolute Gasteiger partial charge is 0.162 e. The van der Waals surface area contributed by atoms with Crippen molar-refractivity contribution in [2.75, 3.05) is 0 Å². The van der Waals surface area contributed by atoms with Crippen molar-refractivity contribution in [2.24, 2.45) is 0 Å². The van der Waals surface area contributed by atoms with E-state index in [4.69, 9.17) is 9.97 Å². The van der Waals surface area contributed by atoms with Gasteiger partial charge in [0.1, 0.15) is 5.82 Å². The topological polar surface area (TPSA) is 30.7 Å². The molecular weight excluding hydrogens is 811 g/mol. The molecule has 67 heavy (non-hydrogen) atoms. The van der Waals surface area contributed by atoms with Crippen molar-refractivity contribution >= 4 is 32.6 Å². The molecule has 2 spiro atoms. The van der Waals surface area contributed by atoms with Crippen molar-refractivity contribution in [1.29, 1.82) is 0 Å². The molecule has 0 atom stereocenters. The predicted molar refractivity (Wildman–Crippen MR) is 273 cm³/mol. The lowest BCUT2D eigenvalue weighted by Gasteiger charge is -2.48. The molecule has 0 unspecified atom stereocenters. The van der Waals surface area contributed by atoms with Gasteiger partial charge in [-0.05, 0) is 95.7 Å². The lowest BCUT2D eigenvalue weighted by atomic mass is 9.52. The number of nitrogens with zero attached hydrogens (tertiary/aromatic N) is 3. The van der Waals surface area contributed by atoms with Crippen LogP contribution in [0.4, 0.5) is 0 Å². The van der Waals surface area contributed by atoms with Crippen molar-refractivity contribution in [3.05, 3.63) is 281 Å². The Bertz CT molecular complexity index is 3900. The molecule has 0 fully saturated rings. The van der Waals surface area contributed by atoms with Gasteiger partial charge in [0.05, 0.1) is 27.6 Å². The van der Waals surface area contributed by atoms with Crippen LogP contribution in [0.1, 0.15) is 44.5 Å². The van der Waals surface area contributed by atoms with Crippen LogP contribution in [0.2, 0.25) is 0 Å². The van der Waals surface area contributed by atoms with Crippen LogP contribution in [0, 0.1) is 0 Å². The summed E-state index contributed by atoms with van der Waals surface area (Å²) in [5.41, 5.74) is 19.7. The summed E-state index contributed by atoms with van der Waals surface area (Å²) in [6, 6.07) is 87.6. The Balaban J connectivity index is 1.10. The average Bonchev–Trinajstić information content (AvgIpc) is 4.00. The summed E-state index contributed by atoms with van der Waals surface area (Å²) in [6.45, 7) is 0. The third-order valence-electron chi connectivity index (χ3n) is 15.3. The van der Waals surface area contributed by atoms with Crippen molar-refractivity contribution in [3.63, 3.8) is 0 Å². The largest absolute Gasteiger partial charge is 0.294 e. The van der Waals surface area contributed by atoms with E-state index in [9.17, 15) is 0 Å². The van der Waals surface area contributed by atoms with E-state index in [1.54, 1.807) is 0 Å². The summed E-state index contributed by atoms with van der Waals surface area (Å²) < 4.78 is 2.42. The highest BCUT2D eigenvalue weighted by Gasteiger charge is 2.59. The number of hydrogen-bond acceptors (Lipinski definition) is 2. The molecule has 3 nitrogen and oxygen atoms in total. The first-order valence-electron chi connectivity index (χ1n) is 23.2. The second kappa shape index (κ2) is 13.4. The van der Waals surface area contributed by atoms with Crippen molar-refractivity contribution < 1.29 is 0 Å². The first-order chi connectivity index (χ1) is 33.2. The lowest BCUT2D eigenvalue weighted by molar-refractivity contribution is 0.633. The lowest BCUT2D eigenvalue weighted by Crippen LogP contribution is -2.43. The molecule has 2 heterocycles.